The number of nitrogens with zero attached hydrogens (tertiary/aromatic N) is 2. The van der Waals surface area contributed by atoms with E-state index in [1.807, 2.05) is 0 Å². The van der Waals surface area contributed by atoms with Crippen LogP contribution in [0.2, 0.25) is 5.02 Å². The number of alkyl halides is 3. The highest BCUT2D eigenvalue weighted by atomic mass is 35.5. The van der Waals surface area contributed by atoms with E-state index in [1.165, 1.54) is 18.2 Å². The van der Waals surface area contributed by atoms with Crippen molar-refractivity contribution < 1.29 is 22.7 Å². The lowest BCUT2D eigenvalue weighted by molar-refractivity contribution is -0.141. The van der Waals surface area contributed by atoms with Gasteiger partial charge in [0, 0.05) is 6.07 Å². The van der Waals surface area contributed by atoms with Crippen molar-refractivity contribution in [2.45, 2.75) is 6.18 Å². The first-order valence-electron chi connectivity index (χ1n) is 5.83. The van der Waals surface area contributed by atoms with E-state index in [2.05, 4.69) is 14.7 Å². The van der Waals surface area contributed by atoms with E-state index >= 15 is 0 Å². The normalized spacial score (nSPS) is 11.3. The molecule has 2 aromatic rings. The van der Waals surface area contributed by atoms with Gasteiger partial charge in [-0.05, 0) is 12.1 Å². The highest BCUT2D eigenvalue weighted by Gasteiger charge is 2.35. The molecule has 0 aliphatic carbocycles. The molecule has 2 N–H and O–H groups in total. The number of carbonyl (C=O) groups is 1. The molecule has 0 fully saturated rings. The number of aromatic nitrogens is 2. The smallest absolute Gasteiger partial charge is 0.433 e. The van der Waals surface area contributed by atoms with Crippen molar-refractivity contribution in [3.05, 3.63) is 46.4 Å². The van der Waals surface area contributed by atoms with Crippen LogP contribution in [0.4, 0.5) is 18.9 Å². The molecule has 0 unspecified atom stereocenters. The number of benzene rings is 1. The van der Waals surface area contributed by atoms with Gasteiger partial charge in [0.2, 0.25) is 17.5 Å². The Kier molecular flexibility index (Phi) is 4.23. The minimum absolute atomic E-state index is 0.0610. The van der Waals surface area contributed by atoms with Crippen molar-refractivity contribution in [1.29, 1.82) is 0 Å². The molecule has 116 valence electrons. The molecule has 0 aliphatic heterocycles. The standard InChI is InChI=1S/C13H9ClF3N3O2/c1-22-9-5-8(13(15,16)17)19-12(20-9)11(21)6-3-2-4-7(14)10(6)18/h2-5H,18H2,1H3. The maximum atomic E-state index is 12.8. The first-order chi connectivity index (χ1) is 10.2. The highest BCUT2D eigenvalue weighted by Crippen LogP contribution is 2.30. The Morgan fingerprint density at radius 1 is 1.32 bits per heavy atom. The molecule has 0 aliphatic rings. The van der Waals surface area contributed by atoms with E-state index in [0.29, 0.717) is 6.07 Å². The van der Waals surface area contributed by atoms with Crippen LogP contribution in [0.3, 0.4) is 0 Å². The van der Waals surface area contributed by atoms with Crippen LogP contribution in [0.5, 0.6) is 5.88 Å². The zero-order valence-electron chi connectivity index (χ0n) is 11.1. The Morgan fingerprint density at radius 3 is 2.59 bits per heavy atom. The summed E-state index contributed by atoms with van der Waals surface area (Å²) in [6.07, 6.45) is -4.74. The molecule has 0 radical (unpaired) electrons. The fraction of sp³-hybridized carbons (Fsp3) is 0.154. The van der Waals surface area contributed by atoms with Crippen molar-refractivity contribution in [3.63, 3.8) is 0 Å². The SMILES string of the molecule is COc1cc(C(F)(F)F)nc(C(=O)c2cccc(Cl)c2N)n1. The predicted octanol–water partition coefficient (Wildman–Crippen LogP) is 2.97. The quantitative estimate of drug-likeness (QED) is 0.691. The fourth-order valence-corrected chi connectivity index (χ4v) is 1.81. The monoisotopic (exact) mass is 331 g/mol. The summed E-state index contributed by atoms with van der Waals surface area (Å²) in [5.41, 5.74) is 4.21. The summed E-state index contributed by atoms with van der Waals surface area (Å²) in [5.74, 6) is -1.95. The molecule has 1 aromatic heterocycles. The van der Waals surface area contributed by atoms with Crippen molar-refractivity contribution in [2.24, 2.45) is 0 Å². The van der Waals surface area contributed by atoms with Gasteiger partial charge in [0.05, 0.1) is 23.4 Å². The van der Waals surface area contributed by atoms with Crippen molar-refractivity contribution in [2.75, 3.05) is 12.8 Å². The number of nitrogens with two attached hydrogens (primary N) is 1. The second-order valence-corrected chi connectivity index (χ2v) is 4.55. The number of methoxy groups -OCH3 is 1. The van der Waals surface area contributed by atoms with Gasteiger partial charge in [0.15, 0.2) is 5.69 Å². The minimum atomic E-state index is -4.74. The summed E-state index contributed by atoms with van der Waals surface area (Å²) in [5, 5.41) is 0.102. The van der Waals surface area contributed by atoms with E-state index in [0.717, 1.165) is 7.11 Å². The number of ketones is 1. The van der Waals surface area contributed by atoms with Crippen LogP contribution in [0.15, 0.2) is 24.3 Å². The third kappa shape index (κ3) is 3.11. The van der Waals surface area contributed by atoms with E-state index in [-0.39, 0.29) is 22.2 Å². The zero-order valence-corrected chi connectivity index (χ0v) is 11.9. The molecule has 0 amide bonds. The number of rotatable bonds is 3. The largest absolute Gasteiger partial charge is 0.481 e. The first kappa shape index (κ1) is 16.0. The van der Waals surface area contributed by atoms with Gasteiger partial charge in [-0.15, -0.1) is 0 Å². The Morgan fingerprint density at radius 2 is 2.00 bits per heavy atom. The maximum absolute atomic E-state index is 12.8. The predicted molar refractivity (Wildman–Crippen MR) is 72.9 cm³/mol. The van der Waals surface area contributed by atoms with Gasteiger partial charge in [-0.3, -0.25) is 4.79 Å². The molecule has 5 nitrogen and oxygen atoms in total. The number of hydrogen-bond acceptors (Lipinski definition) is 5. The number of halogens is 4. The van der Waals surface area contributed by atoms with Crippen molar-refractivity contribution in [3.8, 4) is 5.88 Å². The molecule has 0 saturated carbocycles. The molecule has 1 aromatic carbocycles. The van der Waals surface area contributed by atoms with Gasteiger partial charge in [-0.25, -0.2) is 4.98 Å². The summed E-state index contributed by atoms with van der Waals surface area (Å²) >= 11 is 5.79. The van der Waals surface area contributed by atoms with E-state index in [9.17, 15) is 18.0 Å². The molecule has 2 rings (SSSR count). The average molecular weight is 332 g/mol. The Hall–Kier alpha value is -2.35. The van der Waals surface area contributed by atoms with Crippen LogP contribution in [0, 0.1) is 0 Å². The second kappa shape index (κ2) is 5.80. The number of anilines is 1. The molecule has 0 bridgehead atoms. The van der Waals surface area contributed by atoms with Crippen LogP contribution >= 0.6 is 11.6 Å². The van der Waals surface area contributed by atoms with Crippen molar-refractivity contribution >= 4 is 23.1 Å². The van der Waals surface area contributed by atoms with Crippen LogP contribution in [-0.2, 0) is 6.18 Å². The lowest BCUT2D eigenvalue weighted by Gasteiger charge is -2.10. The van der Waals surface area contributed by atoms with Crippen LogP contribution in [0.25, 0.3) is 0 Å². The third-order valence-electron chi connectivity index (χ3n) is 2.70. The fourth-order valence-electron chi connectivity index (χ4n) is 1.63. The third-order valence-corrected chi connectivity index (χ3v) is 3.03. The molecule has 0 saturated heterocycles. The highest BCUT2D eigenvalue weighted by molar-refractivity contribution is 6.34. The van der Waals surface area contributed by atoms with Gasteiger partial charge >= 0.3 is 6.18 Å². The summed E-state index contributed by atoms with van der Waals surface area (Å²) in [6.45, 7) is 0. The summed E-state index contributed by atoms with van der Waals surface area (Å²) < 4.78 is 43.0. The first-order valence-corrected chi connectivity index (χ1v) is 6.20. The number of hydrogen-bond donors (Lipinski definition) is 1. The Balaban J connectivity index is 2.56. The Bertz CT molecular complexity index is 735. The molecule has 0 atom stereocenters. The molecule has 1 heterocycles. The summed E-state index contributed by atoms with van der Waals surface area (Å²) in [4.78, 5) is 19.1. The number of para-hydroxylation sites is 1. The number of carbonyl (C=O) groups excluding carboxylic acids is 1. The molecule has 22 heavy (non-hydrogen) atoms. The summed E-state index contributed by atoms with van der Waals surface area (Å²) in [7, 11) is 1.13. The van der Waals surface area contributed by atoms with Crippen LogP contribution in [0.1, 0.15) is 21.9 Å². The van der Waals surface area contributed by atoms with Crippen LogP contribution < -0.4 is 10.5 Å². The lowest BCUT2D eigenvalue weighted by Crippen LogP contribution is -2.16. The maximum Gasteiger partial charge on any atom is 0.433 e. The van der Waals surface area contributed by atoms with Gasteiger partial charge in [0.1, 0.15) is 0 Å². The van der Waals surface area contributed by atoms with Crippen molar-refractivity contribution in [1.82, 2.24) is 9.97 Å². The minimum Gasteiger partial charge on any atom is -0.481 e. The zero-order chi connectivity index (χ0) is 16.5. The number of nitrogen functional groups attached to an aromatic ring is 1. The second-order valence-electron chi connectivity index (χ2n) is 4.15. The Labute approximate surface area is 127 Å². The van der Waals surface area contributed by atoms with Gasteiger partial charge in [-0.1, -0.05) is 17.7 Å². The lowest BCUT2D eigenvalue weighted by atomic mass is 10.1. The van der Waals surface area contributed by atoms with Gasteiger partial charge in [0.25, 0.3) is 0 Å². The molecule has 0 spiro atoms. The molecule has 9 heteroatoms. The molecular weight excluding hydrogens is 323 g/mol. The van der Waals surface area contributed by atoms with E-state index < -0.39 is 23.5 Å². The van der Waals surface area contributed by atoms with E-state index in [4.69, 9.17) is 17.3 Å². The topological polar surface area (TPSA) is 78.1 Å². The summed E-state index contributed by atoms with van der Waals surface area (Å²) in [6, 6.07) is 4.80. The molecular formula is C13H9ClF3N3O2. The average Bonchev–Trinajstić information content (AvgIpc) is 2.48. The van der Waals surface area contributed by atoms with Crippen LogP contribution in [-0.4, -0.2) is 22.9 Å². The van der Waals surface area contributed by atoms with Gasteiger partial charge in [-0.2, -0.15) is 18.2 Å². The number of ether oxygens (including phenoxy) is 1. The van der Waals surface area contributed by atoms with E-state index in [1.54, 1.807) is 0 Å². The van der Waals surface area contributed by atoms with Gasteiger partial charge < -0.3 is 10.5 Å².